The van der Waals surface area contributed by atoms with E-state index < -0.39 is 0 Å². The van der Waals surface area contributed by atoms with Crippen LogP contribution in [0, 0.1) is 13.8 Å². The minimum absolute atomic E-state index is 0.289. The number of ether oxygens (including phenoxy) is 1. The second kappa shape index (κ2) is 8.47. The Balaban J connectivity index is 2.08. The zero-order valence-electron chi connectivity index (χ0n) is 15.6. The molecule has 0 aliphatic carbocycles. The summed E-state index contributed by atoms with van der Waals surface area (Å²) in [5, 5.41) is 0. The molecule has 2 aromatic carbocycles. The van der Waals surface area contributed by atoms with Crippen molar-refractivity contribution < 1.29 is 9.53 Å². The van der Waals surface area contributed by atoms with Gasteiger partial charge in [-0.05, 0) is 57.0 Å². The van der Waals surface area contributed by atoms with Gasteiger partial charge in [-0.25, -0.2) is 9.79 Å². The fourth-order valence-corrected chi connectivity index (χ4v) is 2.33. The Kier molecular flexibility index (Phi) is 6.34. The molecule has 0 aliphatic heterocycles. The van der Waals surface area contributed by atoms with Gasteiger partial charge in [-0.1, -0.05) is 29.8 Å². The van der Waals surface area contributed by atoms with E-state index >= 15 is 0 Å². The van der Waals surface area contributed by atoms with E-state index in [-0.39, 0.29) is 12.1 Å². The summed E-state index contributed by atoms with van der Waals surface area (Å²) in [7, 11) is 1.97. The van der Waals surface area contributed by atoms with Crippen LogP contribution in [-0.4, -0.2) is 30.8 Å². The van der Waals surface area contributed by atoms with Crippen LogP contribution in [0.1, 0.15) is 47.0 Å². The molecule has 1 atom stereocenters. The molecular weight excluding hydrogens is 312 g/mol. The molecule has 132 valence electrons. The van der Waals surface area contributed by atoms with Crippen LogP contribution in [0.5, 0.6) is 0 Å². The Bertz CT molecular complexity index is 751. The van der Waals surface area contributed by atoms with Gasteiger partial charge < -0.3 is 9.64 Å². The fourth-order valence-electron chi connectivity index (χ4n) is 2.33. The molecule has 2 rings (SSSR count). The molecule has 2 aromatic rings. The lowest BCUT2D eigenvalue weighted by atomic mass is 10.1. The van der Waals surface area contributed by atoms with Crippen molar-refractivity contribution in [3.63, 3.8) is 0 Å². The molecule has 1 unspecified atom stereocenters. The molecule has 0 fully saturated rings. The molecule has 0 N–H and O–H groups in total. The summed E-state index contributed by atoms with van der Waals surface area (Å²) in [5.74, 6) is -0.313. The van der Waals surface area contributed by atoms with Crippen LogP contribution in [0.4, 0.5) is 5.69 Å². The summed E-state index contributed by atoms with van der Waals surface area (Å²) in [4.78, 5) is 18.9. The van der Waals surface area contributed by atoms with Crippen LogP contribution in [0.25, 0.3) is 0 Å². The van der Waals surface area contributed by atoms with Gasteiger partial charge in [-0.15, -0.1) is 0 Å². The lowest BCUT2D eigenvalue weighted by molar-refractivity contribution is 0.0337. The Labute approximate surface area is 150 Å². The summed E-state index contributed by atoms with van der Waals surface area (Å²) in [6.45, 7) is 8.77. The van der Waals surface area contributed by atoms with Gasteiger partial charge in [-0.2, -0.15) is 0 Å². The number of aryl methyl sites for hydroxylation is 2. The van der Waals surface area contributed by atoms with Crippen molar-refractivity contribution in [2.75, 3.05) is 13.6 Å². The number of carbonyl (C=O) groups excluding carboxylic acids is 1. The molecule has 4 nitrogen and oxygen atoms in total. The molecule has 0 spiro atoms. The normalized spacial score (nSPS) is 12.2. The van der Waals surface area contributed by atoms with Crippen molar-refractivity contribution in [1.29, 1.82) is 0 Å². The smallest absolute Gasteiger partial charge is 0.338 e. The van der Waals surface area contributed by atoms with E-state index in [9.17, 15) is 4.79 Å². The van der Waals surface area contributed by atoms with E-state index in [2.05, 4.69) is 11.9 Å². The van der Waals surface area contributed by atoms with Crippen LogP contribution < -0.4 is 0 Å². The van der Waals surface area contributed by atoms with Crippen LogP contribution in [0.3, 0.4) is 0 Å². The summed E-state index contributed by atoms with van der Waals surface area (Å²) in [6, 6.07) is 13.5. The molecule has 0 saturated heterocycles. The van der Waals surface area contributed by atoms with Crippen molar-refractivity contribution in [2.24, 2.45) is 4.99 Å². The maximum Gasteiger partial charge on any atom is 0.338 e. The van der Waals surface area contributed by atoms with E-state index in [1.54, 1.807) is 12.4 Å². The number of aliphatic imine (C=N–C) groups is 1. The molecule has 25 heavy (non-hydrogen) atoms. The van der Waals surface area contributed by atoms with Crippen LogP contribution in [-0.2, 0) is 4.74 Å². The minimum Gasteiger partial charge on any atom is -0.454 e. The first-order chi connectivity index (χ1) is 11.9. The third kappa shape index (κ3) is 5.18. The van der Waals surface area contributed by atoms with Crippen molar-refractivity contribution in [1.82, 2.24) is 4.90 Å². The molecule has 0 saturated carbocycles. The van der Waals surface area contributed by atoms with Gasteiger partial charge in [-0.3, -0.25) is 0 Å². The summed E-state index contributed by atoms with van der Waals surface area (Å²) in [6.07, 6.45) is 1.50. The predicted molar refractivity (Wildman–Crippen MR) is 103 cm³/mol. The van der Waals surface area contributed by atoms with E-state index in [0.29, 0.717) is 5.56 Å². The fraction of sp³-hybridized carbons (Fsp3) is 0.333. The predicted octanol–water partition coefficient (Wildman–Crippen LogP) is 4.83. The molecule has 0 heterocycles. The highest BCUT2D eigenvalue weighted by molar-refractivity contribution is 5.91. The van der Waals surface area contributed by atoms with Crippen molar-refractivity contribution in [2.45, 2.75) is 33.8 Å². The first-order valence-electron chi connectivity index (χ1n) is 8.53. The third-order valence-corrected chi connectivity index (χ3v) is 4.16. The molecular formula is C21H26N2O2. The quantitative estimate of drug-likeness (QED) is 0.430. The van der Waals surface area contributed by atoms with E-state index in [1.165, 1.54) is 5.56 Å². The van der Waals surface area contributed by atoms with Crippen molar-refractivity contribution in [3.8, 4) is 0 Å². The van der Waals surface area contributed by atoms with Crippen LogP contribution in [0.15, 0.2) is 47.5 Å². The molecule has 4 heteroatoms. The summed E-state index contributed by atoms with van der Waals surface area (Å²) >= 11 is 0. The molecule has 0 bridgehead atoms. The van der Waals surface area contributed by atoms with Crippen LogP contribution >= 0.6 is 0 Å². The summed E-state index contributed by atoms with van der Waals surface area (Å²) in [5.41, 5.74) is 4.42. The number of carbonyl (C=O) groups is 1. The van der Waals surface area contributed by atoms with Gasteiger partial charge in [0.15, 0.2) is 0 Å². The Morgan fingerprint density at radius 1 is 1.20 bits per heavy atom. The number of nitrogens with zero attached hydrogens (tertiary/aromatic N) is 2. The topological polar surface area (TPSA) is 41.9 Å². The lowest BCUT2D eigenvalue weighted by Gasteiger charge is -2.15. The van der Waals surface area contributed by atoms with Gasteiger partial charge in [0.2, 0.25) is 0 Å². The van der Waals surface area contributed by atoms with Gasteiger partial charge in [0, 0.05) is 13.6 Å². The number of rotatable bonds is 6. The Morgan fingerprint density at radius 2 is 1.88 bits per heavy atom. The summed E-state index contributed by atoms with van der Waals surface area (Å²) < 4.78 is 5.61. The van der Waals surface area contributed by atoms with E-state index in [4.69, 9.17) is 4.74 Å². The van der Waals surface area contributed by atoms with Crippen LogP contribution in [0.2, 0.25) is 0 Å². The zero-order valence-corrected chi connectivity index (χ0v) is 15.6. The molecule has 0 aliphatic rings. The number of hydrogen-bond donors (Lipinski definition) is 0. The van der Waals surface area contributed by atoms with Gasteiger partial charge >= 0.3 is 5.97 Å². The number of benzene rings is 2. The average molecular weight is 338 g/mol. The minimum atomic E-state index is -0.313. The second-order valence-electron chi connectivity index (χ2n) is 6.28. The maximum atomic E-state index is 12.5. The van der Waals surface area contributed by atoms with Gasteiger partial charge in [0.1, 0.15) is 6.10 Å². The first-order valence-corrected chi connectivity index (χ1v) is 8.53. The number of hydrogen-bond acceptors (Lipinski definition) is 3. The van der Waals surface area contributed by atoms with Gasteiger partial charge in [0.05, 0.1) is 17.6 Å². The standard InChI is InChI=1S/C21H26N2O2/c1-6-23(5)14-22-19-11-12-20(16(3)13-19)21(24)25-17(4)18-9-7-15(2)8-10-18/h7-14,17H,6H2,1-5H3/b22-14+. The van der Waals surface area contributed by atoms with Crippen molar-refractivity contribution >= 4 is 18.0 Å². The lowest BCUT2D eigenvalue weighted by Crippen LogP contribution is -2.14. The highest BCUT2D eigenvalue weighted by Gasteiger charge is 2.15. The Hall–Kier alpha value is -2.62. The largest absolute Gasteiger partial charge is 0.454 e. The molecule has 0 radical (unpaired) electrons. The average Bonchev–Trinajstić information content (AvgIpc) is 2.60. The monoisotopic (exact) mass is 338 g/mol. The van der Waals surface area contributed by atoms with Crippen molar-refractivity contribution in [3.05, 3.63) is 64.7 Å². The number of esters is 1. The third-order valence-electron chi connectivity index (χ3n) is 4.16. The second-order valence-corrected chi connectivity index (χ2v) is 6.28. The zero-order chi connectivity index (χ0) is 18.4. The SMILES string of the molecule is CCN(C)/C=N/c1ccc(C(=O)OC(C)c2ccc(C)cc2)c(C)c1. The first kappa shape index (κ1) is 18.7. The van der Waals surface area contributed by atoms with E-state index in [0.717, 1.165) is 23.4 Å². The molecule has 0 aromatic heterocycles. The van der Waals surface area contributed by atoms with Gasteiger partial charge in [0.25, 0.3) is 0 Å². The molecule has 0 amide bonds. The highest BCUT2D eigenvalue weighted by atomic mass is 16.5. The Morgan fingerprint density at radius 3 is 2.48 bits per heavy atom. The maximum absolute atomic E-state index is 12.5. The van der Waals surface area contributed by atoms with E-state index in [1.807, 2.05) is 69.1 Å². The highest BCUT2D eigenvalue weighted by Crippen LogP contribution is 2.22.